The molecule has 12 heteroatoms. The van der Waals surface area contributed by atoms with Crippen molar-refractivity contribution in [3.8, 4) is 10.6 Å². The van der Waals surface area contributed by atoms with Gasteiger partial charge in [-0.25, -0.2) is 4.98 Å². The first kappa shape index (κ1) is 22.6. The molecule has 0 radical (unpaired) electrons. The predicted molar refractivity (Wildman–Crippen MR) is 111 cm³/mol. The molecule has 1 fully saturated rings. The minimum atomic E-state index is -4.57. The van der Waals surface area contributed by atoms with E-state index in [0.29, 0.717) is 53.3 Å². The Morgan fingerprint density at radius 3 is 2.66 bits per heavy atom. The number of thiazole rings is 1. The number of rotatable bonds is 4. The lowest BCUT2D eigenvalue weighted by molar-refractivity contribution is -0.185. The molecule has 4 rings (SSSR count). The molecule has 0 spiro atoms. The van der Waals surface area contributed by atoms with Gasteiger partial charge in [0.15, 0.2) is 5.13 Å². The number of nitrogens with one attached hydrogen (secondary N) is 1. The molecule has 0 bridgehead atoms. The smallest absolute Gasteiger partial charge is 0.379 e. The van der Waals surface area contributed by atoms with Crippen LogP contribution in [0.5, 0.6) is 0 Å². The molecule has 2 unspecified atom stereocenters. The van der Waals surface area contributed by atoms with E-state index in [4.69, 9.17) is 4.74 Å². The Hall–Kier alpha value is -2.57. The van der Waals surface area contributed by atoms with Gasteiger partial charge in [-0.3, -0.25) is 19.5 Å². The lowest BCUT2D eigenvalue weighted by Crippen LogP contribution is -2.52. The second kappa shape index (κ2) is 8.41. The maximum absolute atomic E-state index is 13.6. The van der Waals surface area contributed by atoms with E-state index in [9.17, 15) is 22.8 Å². The van der Waals surface area contributed by atoms with Crippen LogP contribution in [0.2, 0.25) is 0 Å². The van der Waals surface area contributed by atoms with E-state index in [1.54, 1.807) is 13.0 Å². The Labute approximate surface area is 186 Å². The monoisotopic (exact) mass is 469 g/mol. The molecule has 1 N–H and O–H groups in total. The van der Waals surface area contributed by atoms with Crippen molar-refractivity contribution in [2.24, 2.45) is 0 Å². The summed E-state index contributed by atoms with van der Waals surface area (Å²) >= 11 is 1.22. The number of anilines is 1. The number of aryl methyl sites for hydroxylation is 1. The lowest BCUT2D eigenvalue weighted by atomic mass is 10.1. The molecule has 2 aliphatic rings. The number of carbonyl (C=O) groups excluding carboxylic acids is 2. The highest BCUT2D eigenvalue weighted by molar-refractivity contribution is 7.19. The summed E-state index contributed by atoms with van der Waals surface area (Å²) in [5, 5.41) is 3.03. The molecular formula is C20H22F3N5O3S. The summed E-state index contributed by atoms with van der Waals surface area (Å²) in [6.07, 6.45) is -4.11. The highest BCUT2D eigenvalue weighted by atomic mass is 32.1. The molecular weight excluding hydrogens is 447 g/mol. The number of pyridine rings is 1. The summed E-state index contributed by atoms with van der Waals surface area (Å²) < 4.78 is 46.3. The minimum absolute atomic E-state index is 0.158. The highest BCUT2D eigenvalue weighted by Crippen LogP contribution is 2.43. The van der Waals surface area contributed by atoms with Gasteiger partial charge in [-0.2, -0.15) is 13.2 Å². The Morgan fingerprint density at radius 1 is 1.34 bits per heavy atom. The number of carbonyl (C=O) groups is 2. The second-order valence-corrected chi connectivity index (χ2v) is 8.72. The van der Waals surface area contributed by atoms with Gasteiger partial charge in [0.25, 0.3) is 5.91 Å². The third-order valence-electron chi connectivity index (χ3n) is 5.54. The van der Waals surface area contributed by atoms with Crippen LogP contribution in [0.15, 0.2) is 12.3 Å². The van der Waals surface area contributed by atoms with Gasteiger partial charge in [-0.05, 0) is 19.9 Å². The van der Waals surface area contributed by atoms with Gasteiger partial charge in [-0.15, -0.1) is 0 Å². The van der Waals surface area contributed by atoms with E-state index >= 15 is 0 Å². The van der Waals surface area contributed by atoms with Gasteiger partial charge in [0.2, 0.25) is 5.91 Å². The standard InChI is InChI=1S/C20H22F3N5O3S/c1-10-16(32-19(25-10)26-12(3)29)15-8-13-14(9-24-15)18(30)28(11(2)20(21,22)23)17(13)27-4-6-31-7-5-27/h8-9,11,17H,4-7H2,1-3H3,(H,25,26,29). The van der Waals surface area contributed by atoms with Gasteiger partial charge < -0.3 is 15.0 Å². The Balaban J connectivity index is 1.78. The minimum Gasteiger partial charge on any atom is -0.379 e. The van der Waals surface area contributed by atoms with Crippen molar-refractivity contribution in [3.63, 3.8) is 0 Å². The largest absolute Gasteiger partial charge is 0.408 e. The third kappa shape index (κ3) is 4.09. The number of ether oxygens (including phenoxy) is 1. The van der Waals surface area contributed by atoms with Gasteiger partial charge >= 0.3 is 6.18 Å². The van der Waals surface area contributed by atoms with Crippen LogP contribution in [0, 0.1) is 6.92 Å². The summed E-state index contributed by atoms with van der Waals surface area (Å²) in [7, 11) is 0. The molecule has 0 aromatic carbocycles. The number of alkyl halides is 3. The number of hydrogen-bond acceptors (Lipinski definition) is 7. The van der Waals surface area contributed by atoms with E-state index in [-0.39, 0.29) is 11.5 Å². The van der Waals surface area contributed by atoms with Crippen LogP contribution in [0.1, 0.15) is 41.6 Å². The molecule has 0 saturated carbocycles. The molecule has 4 heterocycles. The van der Waals surface area contributed by atoms with Crippen LogP contribution in [-0.4, -0.2) is 70.1 Å². The van der Waals surface area contributed by atoms with Gasteiger partial charge in [0, 0.05) is 31.8 Å². The molecule has 0 aliphatic carbocycles. The van der Waals surface area contributed by atoms with E-state index in [1.165, 1.54) is 24.5 Å². The maximum Gasteiger partial charge on any atom is 0.408 e. The maximum atomic E-state index is 13.6. The fourth-order valence-electron chi connectivity index (χ4n) is 3.97. The van der Waals surface area contributed by atoms with Crippen LogP contribution >= 0.6 is 11.3 Å². The topological polar surface area (TPSA) is 87.7 Å². The van der Waals surface area contributed by atoms with Crippen molar-refractivity contribution < 1.29 is 27.5 Å². The van der Waals surface area contributed by atoms with Crippen LogP contribution in [-0.2, 0) is 9.53 Å². The average Bonchev–Trinajstić information content (AvgIpc) is 3.23. The van der Waals surface area contributed by atoms with Crippen molar-refractivity contribution >= 4 is 28.3 Å². The molecule has 32 heavy (non-hydrogen) atoms. The average molecular weight is 469 g/mol. The number of fused-ring (bicyclic) bond motifs is 1. The normalized spacial score (nSPS) is 20.4. The first-order chi connectivity index (χ1) is 15.1. The number of nitrogens with zero attached hydrogens (tertiary/aromatic N) is 4. The molecule has 2 aromatic heterocycles. The SMILES string of the molecule is CC(=O)Nc1nc(C)c(-c2cc3c(cn2)C(=O)N(C(C)C(F)(F)F)C3N2CCOCC2)s1. The van der Waals surface area contributed by atoms with Gasteiger partial charge in [-0.1, -0.05) is 11.3 Å². The van der Waals surface area contributed by atoms with Crippen LogP contribution in [0.4, 0.5) is 18.3 Å². The summed E-state index contributed by atoms with van der Waals surface area (Å²) in [4.78, 5) is 36.5. The van der Waals surface area contributed by atoms with Crippen molar-refractivity contribution in [1.82, 2.24) is 19.8 Å². The zero-order valence-electron chi connectivity index (χ0n) is 17.7. The number of amides is 2. The number of halogens is 3. The van der Waals surface area contributed by atoms with E-state index < -0.39 is 24.3 Å². The number of aromatic nitrogens is 2. The van der Waals surface area contributed by atoms with E-state index in [1.807, 2.05) is 4.90 Å². The number of morpholine rings is 1. The van der Waals surface area contributed by atoms with Gasteiger partial charge in [0.1, 0.15) is 12.2 Å². The van der Waals surface area contributed by atoms with E-state index in [2.05, 4.69) is 15.3 Å². The highest BCUT2D eigenvalue weighted by Gasteiger charge is 2.51. The lowest BCUT2D eigenvalue weighted by Gasteiger charge is -2.40. The van der Waals surface area contributed by atoms with Crippen molar-refractivity contribution in [2.75, 3.05) is 31.6 Å². The van der Waals surface area contributed by atoms with Crippen LogP contribution in [0.25, 0.3) is 10.6 Å². The third-order valence-corrected chi connectivity index (χ3v) is 6.63. The van der Waals surface area contributed by atoms with E-state index in [0.717, 1.165) is 11.8 Å². The van der Waals surface area contributed by atoms with Crippen molar-refractivity contribution in [1.29, 1.82) is 0 Å². The summed E-state index contributed by atoms with van der Waals surface area (Å²) in [6.45, 7) is 5.69. The summed E-state index contributed by atoms with van der Waals surface area (Å²) in [6, 6.07) is -0.302. The predicted octanol–water partition coefficient (Wildman–Crippen LogP) is 3.21. The first-order valence-electron chi connectivity index (χ1n) is 10.0. The summed E-state index contributed by atoms with van der Waals surface area (Å²) in [5.41, 5.74) is 1.75. The second-order valence-electron chi connectivity index (χ2n) is 7.72. The Bertz CT molecular complexity index is 1050. The molecule has 2 atom stereocenters. The fraction of sp³-hybridized carbons (Fsp3) is 0.500. The van der Waals surface area contributed by atoms with Crippen molar-refractivity contribution in [2.45, 2.75) is 39.2 Å². The van der Waals surface area contributed by atoms with Crippen LogP contribution in [0.3, 0.4) is 0 Å². The Morgan fingerprint density at radius 2 is 2.03 bits per heavy atom. The van der Waals surface area contributed by atoms with Crippen molar-refractivity contribution in [3.05, 3.63) is 29.1 Å². The quantitative estimate of drug-likeness (QED) is 0.740. The van der Waals surface area contributed by atoms with Crippen LogP contribution < -0.4 is 5.32 Å². The zero-order valence-corrected chi connectivity index (χ0v) is 18.5. The summed E-state index contributed by atoms with van der Waals surface area (Å²) in [5.74, 6) is -0.956. The molecule has 8 nitrogen and oxygen atoms in total. The van der Waals surface area contributed by atoms with Gasteiger partial charge in [0.05, 0.1) is 35.0 Å². The Kier molecular flexibility index (Phi) is 5.94. The first-order valence-corrected chi connectivity index (χ1v) is 10.9. The molecule has 2 aromatic rings. The fourth-order valence-corrected chi connectivity index (χ4v) is 4.95. The zero-order chi connectivity index (χ0) is 23.2. The number of hydrogen-bond donors (Lipinski definition) is 1. The molecule has 1 saturated heterocycles. The molecule has 2 amide bonds. The molecule has 172 valence electrons. The molecule has 2 aliphatic heterocycles.